The molecule has 0 bridgehead atoms. The van der Waals surface area contributed by atoms with Gasteiger partial charge < -0.3 is 54.3 Å². The predicted molar refractivity (Wildman–Crippen MR) is 427 cm³/mol. The van der Waals surface area contributed by atoms with Gasteiger partial charge in [0.1, 0.15) is 46.8 Å². The maximum absolute atomic E-state index is 14.7. The molecule has 0 aromatic carbocycles. The Kier molecular flexibility index (Phi) is 27.7. The number of esters is 1. The van der Waals surface area contributed by atoms with Gasteiger partial charge in [-0.3, -0.25) is 58.7 Å². The molecule has 0 aliphatic carbocycles. The maximum Gasteiger partial charge on any atom is 0.407 e. The van der Waals surface area contributed by atoms with Crippen LogP contribution in [0.15, 0.2) is 183 Å². The van der Waals surface area contributed by atoms with Crippen LogP contribution in [0.2, 0.25) is 0 Å². The van der Waals surface area contributed by atoms with Gasteiger partial charge in [0.05, 0.1) is 74.7 Å². The number of nitrogens with zero attached hydrogens (tertiary/aromatic N) is 12. The van der Waals surface area contributed by atoms with Crippen molar-refractivity contribution < 1.29 is 57.2 Å². The number of piperidine rings is 3. The largest absolute Gasteiger partial charge is 0.490 e. The lowest BCUT2D eigenvalue weighted by Crippen LogP contribution is -2.47. The third kappa shape index (κ3) is 24.7. The molecule has 9 aromatic heterocycles. The molecule has 3 aliphatic rings. The monoisotopic (exact) mass is 1550 g/mol. The Morgan fingerprint density at radius 1 is 0.351 bits per heavy atom. The van der Waals surface area contributed by atoms with Gasteiger partial charge in [-0.25, -0.2) is 19.7 Å². The highest BCUT2D eigenvalue weighted by Crippen LogP contribution is 2.34. The van der Waals surface area contributed by atoms with Crippen molar-refractivity contribution >= 4 is 41.6 Å². The second-order valence-corrected chi connectivity index (χ2v) is 30.8. The molecule has 3 fully saturated rings. The molecule has 3 N–H and O–H groups in total. The Bertz CT molecular complexity index is 4310. The Labute approximate surface area is 664 Å². The van der Waals surface area contributed by atoms with Gasteiger partial charge in [-0.2, -0.15) is 0 Å². The molecule has 0 spiro atoms. The Balaban J connectivity index is 0.702. The molecule has 9 aromatic rings. The number of carbonyl (C=O) groups excluding carboxylic acids is 7. The maximum atomic E-state index is 14.7. The third-order valence-corrected chi connectivity index (χ3v) is 19.5. The molecule has 594 valence electrons. The second kappa shape index (κ2) is 38.9. The zero-order valence-electron chi connectivity index (χ0n) is 65.4. The quantitative estimate of drug-likeness (QED) is 0.0352. The van der Waals surface area contributed by atoms with E-state index in [1.54, 1.807) is 93.4 Å². The summed E-state index contributed by atoms with van der Waals surface area (Å²) in [6, 6.07) is 42.0. The van der Waals surface area contributed by atoms with Crippen molar-refractivity contribution in [2.45, 2.75) is 185 Å². The van der Waals surface area contributed by atoms with E-state index in [9.17, 15) is 33.6 Å². The molecular weight excluding hydrogens is 1450 g/mol. The second-order valence-electron chi connectivity index (χ2n) is 30.8. The number of aromatic nitrogens is 9. The molecule has 0 saturated carbocycles. The molecule has 114 heavy (non-hydrogen) atoms. The van der Waals surface area contributed by atoms with Crippen molar-refractivity contribution in [2.24, 2.45) is 0 Å². The van der Waals surface area contributed by atoms with Crippen LogP contribution in [0.25, 0.3) is 68.3 Å². The fourth-order valence-corrected chi connectivity index (χ4v) is 14.0. The highest BCUT2D eigenvalue weighted by molar-refractivity contribution is 5.83. The summed E-state index contributed by atoms with van der Waals surface area (Å²) in [4.78, 5) is 146. The van der Waals surface area contributed by atoms with Crippen LogP contribution in [0.5, 0.6) is 17.2 Å². The first kappa shape index (κ1) is 81.3. The van der Waals surface area contributed by atoms with E-state index in [2.05, 4.69) is 45.9 Å². The molecule has 12 rings (SSSR count). The first-order chi connectivity index (χ1) is 55.0. The zero-order chi connectivity index (χ0) is 80.0. The summed E-state index contributed by atoms with van der Waals surface area (Å²) in [7, 11) is 0. The molecule has 3 aliphatic heterocycles. The van der Waals surface area contributed by atoms with Gasteiger partial charge in [-0.1, -0.05) is 36.4 Å². The van der Waals surface area contributed by atoms with E-state index < -0.39 is 53.2 Å². The van der Waals surface area contributed by atoms with Crippen LogP contribution in [-0.4, -0.2) is 188 Å². The standard InChI is InChI=1S/C87H99N15O12/c1-86(2,3)113-84(108)51-60(27-30-83(107)102-47-35-63(36-48-102)112-66-56-77(71-23-11-17-41-92-71)99-78(57-66)72-24-12-18-42-93-72)95-79(103)49-58(25-28-81(105)100-43-31-61(32-44-100)110-64-52-73(67-19-7-13-37-88-67)97-74(53-64)68-20-8-14-38-89-68)94-80(104)50-59(96-85(109)114-87(4,5)6)26-29-82(106)101-45-33-62(34-46-101)111-65-54-75(69-21-9-15-39-90-69)98-76(55-65)70-22-10-16-40-91-70/h7-24,37-42,52-63H,25-36,43-51H2,1-6H3,(H,94,104)(H,95,103)(H,96,109). The van der Waals surface area contributed by atoms with Gasteiger partial charge in [0.15, 0.2) is 0 Å². The predicted octanol–water partition coefficient (Wildman–Crippen LogP) is 12.5. The topological polar surface area (TPSA) is 327 Å². The van der Waals surface area contributed by atoms with Crippen molar-refractivity contribution in [2.75, 3.05) is 39.3 Å². The van der Waals surface area contributed by atoms with E-state index >= 15 is 0 Å². The fourth-order valence-electron chi connectivity index (χ4n) is 14.0. The highest BCUT2D eigenvalue weighted by Gasteiger charge is 2.33. The van der Waals surface area contributed by atoms with Gasteiger partial charge in [-0.15, -0.1) is 0 Å². The first-order valence-corrected chi connectivity index (χ1v) is 39.2. The van der Waals surface area contributed by atoms with E-state index in [4.69, 9.17) is 38.6 Å². The Hall–Kier alpha value is -12.2. The highest BCUT2D eigenvalue weighted by atomic mass is 16.6. The number of ether oxygens (including phenoxy) is 5. The number of amides is 6. The molecule has 27 nitrogen and oxygen atoms in total. The molecule has 27 heteroatoms. The number of hydrogen-bond donors (Lipinski definition) is 3. The Morgan fingerprint density at radius 3 is 0.851 bits per heavy atom. The van der Waals surface area contributed by atoms with Crippen LogP contribution >= 0.6 is 0 Å². The van der Waals surface area contributed by atoms with Crippen molar-refractivity contribution in [3.05, 3.63) is 183 Å². The number of hydrogen-bond acceptors (Lipinski definition) is 21. The van der Waals surface area contributed by atoms with Crippen molar-refractivity contribution in [1.82, 2.24) is 75.5 Å². The summed E-state index contributed by atoms with van der Waals surface area (Å²) in [5, 5.41) is 8.85. The smallest absolute Gasteiger partial charge is 0.407 e. The third-order valence-electron chi connectivity index (χ3n) is 19.5. The average Bonchev–Trinajstić information content (AvgIpc) is 0.821. The SMILES string of the molecule is CC(C)(C)OC(=O)CC(CCC(=O)N1CCC(Oc2cc(-c3ccccn3)nc(-c3ccccn3)c2)CC1)NC(=O)CC(CCC(=O)N1CCC(Oc2cc(-c3ccccn3)nc(-c3ccccn3)c2)CC1)NC(=O)CC(CCC(=O)N1CCC(Oc2cc(-c3ccccn3)nc(-c3ccccn3)c2)CC1)NC(=O)OC(C)(C)C. The minimum atomic E-state index is -0.957. The molecule has 3 unspecified atom stereocenters. The fraction of sp³-hybridized carbons (Fsp3) is 0.402. The van der Waals surface area contributed by atoms with E-state index in [1.807, 2.05) is 146 Å². The Morgan fingerprint density at radius 2 is 0.605 bits per heavy atom. The molecule has 3 saturated heterocycles. The van der Waals surface area contributed by atoms with Gasteiger partial charge in [0, 0.05) is 202 Å². The molecule has 0 radical (unpaired) electrons. The lowest BCUT2D eigenvalue weighted by Gasteiger charge is -2.33. The summed E-state index contributed by atoms with van der Waals surface area (Å²) >= 11 is 0. The number of nitrogens with one attached hydrogen (secondary N) is 3. The van der Waals surface area contributed by atoms with Crippen LogP contribution in [0.3, 0.4) is 0 Å². The number of pyridine rings is 9. The van der Waals surface area contributed by atoms with Gasteiger partial charge in [0.25, 0.3) is 0 Å². The zero-order valence-corrected chi connectivity index (χ0v) is 65.4. The summed E-state index contributed by atoms with van der Waals surface area (Å²) < 4.78 is 31.2. The van der Waals surface area contributed by atoms with Crippen LogP contribution in [0, 0.1) is 0 Å². The summed E-state index contributed by atoms with van der Waals surface area (Å²) in [6.07, 6.45) is 11.0. The number of rotatable bonds is 30. The minimum absolute atomic E-state index is 0.0154. The molecule has 3 atom stereocenters. The van der Waals surface area contributed by atoms with Crippen LogP contribution in [-0.2, 0) is 38.2 Å². The number of alkyl carbamates (subject to hydrolysis) is 1. The van der Waals surface area contributed by atoms with Gasteiger partial charge in [0.2, 0.25) is 29.5 Å². The first-order valence-electron chi connectivity index (χ1n) is 39.2. The summed E-state index contributed by atoms with van der Waals surface area (Å²) in [6.45, 7) is 12.7. The van der Waals surface area contributed by atoms with E-state index in [1.165, 1.54) is 0 Å². The van der Waals surface area contributed by atoms with E-state index in [0.29, 0.717) is 163 Å². The summed E-state index contributed by atoms with van der Waals surface area (Å²) in [5.41, 5.74) is 6.02. The average molecular weight is 1550 g/mol. The van der Waals surface area contributed by atoms with E-state index in [-0.39, 0.29) is 93.8 Å². The van der Waals surface area contributed by atoms with Crippen LogP contribution in [0.1, 0.15) is 138 Å². The van der Waals surface area contributed by atoms with Crippen LogP contribution in [0.4, 0.5) is 4.79 Å². The molecule has 6 amide bonds. The minimum Gasteiger partial charge on any atom is -0.490 e. The number of likely N-dealkylation sites (tertiary alicyclic amines) is 3. The van der Waals surface area contributed by atoms with Crippen LogP contribution < -0.4 is 30.2 Å². The van der Waals surface area contributed by atoms with E-state index in [0.717, 1.165) is 0 Å². The van der Waals surface area contributed by atoms with Crippen molar-refractivity contribution in [3.63, 3.8) is 0 Å². The van der Waals surface area contributed by atoms with Crippen molar-refractivity contribution in [1.29, 1.82) is 0 Å². The van der Waals surface area contributed by atoms with Gasteiger partial charge in [-0.05, 0) is 134 Å². The summed E-state index contributed by atoms with van der Waals surface area (Å²) in [5.74, 6) is -0.498. The normalized spacial score (nSPS) is 15.2. The lowest BCUT2D eigenvalue weighted by atomic mass is 10.0. The lowest BCUT2D eigenvalue weighted by molar-refractivity contribution is -0.155. The molecule has 12 heterocycles. The number of carbonyl (C=O) groups is 7. The molecular formula is C87H99N15O12. The van der Waals surface area contributed by atoms with Crippen molar-refractivity contribution in [3.8, 4) is 85.6 Å². The van der Waals surface area contributed by atoms with Gasteiger partial charge >= 0.3 is 12.1 Å².